The molecule has 1 atom stereocenters. The molecule has 0 saturated heterocycles. The van der Waals surface area contributed by atoms with E-state index in [4.69, 9.17) is 5.73 Å². The minimum Gasteiger partial charge on any atom is -0.336 e. The summed E-state index contributed by atoms with van der Waals surface area (Å²) >= 11 is 0. The van der Waals surface area contributed by atoms with E-state index < -0.39 is 5.54 Å². The summed E-state index contributed by atoms with van der Waals surface area (Å²) in [6.07, 6.45) is 0. The van der Waals surface area contributed by atoms with E-state index in [0.717, 1.165) is 0 Å². The van der Waals surface area contributed by atoms with Crippen LogP contribution in [0.2, 0.25) is 0 Å². The van der Waals surface area contributed by atoms with Crippen molar-refractivity contribution in [2.24, 2.45) is 11.1 Å². The van der Waals surface area contributed by atoms with Crippen molar-refractivity contribution in [2.45, 2.75) is 59.5 Å². The molecule has 0 fully saturated rings. The molecule has 0 aliphatic carbocycles. The lowest BCUT2D eigenvalue weighted by atomic mass is 9.75. The van der Waals surface area contributed by atoms with E-state index in [1.807, 2.05) is 27.7 Å². The number of carbonyl (C=O) groups is 1. The van der Waals surface area contributed by atoms with Crippen molar-refractivity contribution < 1.29 is 4.79 Å². The lowest BCUT2D eigenvalue weighted by Gasteiger charge is -2.38. The van der Waals surface area contributed by atoms with Gasteiger partial charge in [0.1, 0.15) is 0 Å². The number of amides is 2. The van der Waals surface area contributed by atoms with Crippen LogP contribution in [0.4, 0.5) is 4.79 Å². The zero-order valence-corrected chi connectivity index (χ0v) is 11.7. The Kier molecular flexibility index (Phi) is 4.39. The summed E-state index contributed by atoms with van der Waals surface area (Å²) < 4.78 is 0. The van der Waals surface area contributed by atoms with Crippen LogP contribution in [0, 0.1) is 5.41 Å². The molecule has 0 aromatic heterocycles. The summed E-state index contributed by atoms with van der Waals surface area (Å²) in [5.74, 6) is 0. The number of carbonyl (C=O) groups excluding carboxylic acids is 1. The van der Waals surface area contributed by atoms with Crippen LogP contribution in [0.3, 0.4) is 0 Å². The Labute approximate surface area is 99.4 Å². The molecule has 2 amide bonds. The normalized spacial score (nSPS) is 16.5. The predicted octanol–water partition coefficient (Wildman–Crippen LogP) is 1.85. The quantitative estimate of drug-likeness (QED) is 0.676. The van der Waals surface area contributed by atoms with Crippen LogP contribution >= 0.6 is 0 Å². The summed E-state index contributed by atoms with van der Waals surface area (Å²) in [7, 11) is 0. The third-order valence-corrected chi connectivity index (χ3v) is 2.82. The monoisotopic (exact) mass is 229 g/mol. The number of hydrogen-bond donors (Lipinski definition) is 3. The Hall–Kier alpha value is -0.770. The van der Waals surface area contributed by atoms with E-state index in [1.54, 1.807) is 0 Å². The standard InChI is InChI=1S/C12H27N3O/c1-10(2,3)12(7,13)8-14-9(16)15-11(4,5)6/h8,13H2,1-7H3,(H2,14,15,16). The van der Waals surface area contributed by atoms with Crippen molar-refractivity contribution in [3.8, 4) is 0 Å². The molecule has 0 aromatic carbocycles. The van der Waals surface area contributed by atoms with Gasteiger partial charge in [-0.1, -0.05) is 20.8 Å². The topological polar surface area (TPSA) is 67.2 Å². The van der Waals surface area contributed by atoms with Crippen molar-refractivity contribution in [1.82, 2.24) is 10.6 Å². The van der Waals surface area contributed by atoms with Gasteiger partial charge in [-0.15, -0.1) is 0 Å². The number of urea groups is 1. The van der Waals surface area contributed by atoms with Gasteiger partial charge in [-0.25, -0.2) is 4.79 Å². The molecule has 4 heteroatoms. The fraction of sp³-hybridized carbons (Fsp3) is 0.917. The molecule has 4 N–H and O–H groups in total. The van der Waals surface area contributed by atoms with Gasteiger partial charge in [-0.2, -0.15) is 0 Å². The molecule has 0 spiro atoms. The first kappa shape index (κ1) is 15.2. The summed E-state index contributed by atoms with van der Waals surface area (Å²) in [5.41, 5.74) is 5.46. The molecular formula is C12H27N3O. The van der Waals surface area contributed by atoms with Gasteiger partial charge in [0.25, 0.3) is 0 Å². The molecule has 16 heavy (non-hydrogen) atoms. The average Bonchev–Trinajstić information content (AvgIpc) is 1.95. The summed E-state index contributed by atoms with van der Waals surface area (Å²) in [6.45, 7) is 14.4. The molecule has 96 valence electrons. The third kappa shape index (κ3) is 5.35. The molecular weight excluding hydrogens is 202 g/mol. The fourth-order valence-electron chi connectivity index (χ4n) is 0.914. The van der Waals surface area contributed by atoms with E-state index in [2.05, 4.69) is 31.4 Å². The third-order valence-electron chi connectivity index (χ3n) is 2.82. The van der Waals surface area contributed by atoms with E-state index in [-0.39, 0.29) is 17.0 Å². The number of hydrogen-bond acceptors (Lipinski definition) is 2. The highest BCUT2D eigenvalue weighted by atomic mass is 16.2. The second-order valence-corrected chi connectivity index (χ2v) is 6.73. The molecule has 0 aliphatic heterocycles. The minimum absolute atomic E-state index is 0.0536. The molecule has 0 rings (SSSR count). The van der Waals surface area contributed by atoms with Gasteiger partial charge in [-0.3, -0.25) is 0 Å². The van der Waals surface area contributed by atoms with Gasteiger partial charge in [0.2, 0.25) is 0 Å². The summed E-state index contributed by atoms with van der Waals surface area (Å²) in [4.78, 5) is 11.6. The van der Waals surface area contributed by atoms with Crippen LogP contribution in [-0.4, -0.2) is 23.7 Å². The fourth-order valence-corrected chi connectivity index (χ4v) is 0.914. The van der Waals surface area contributed by atoms with E-state index in [9.17, 15) is 4.79 Å². The summed E-state index contributed by atoms with van der Waals surface area (Å²) in [6, 6.07) is -0.173. The van der Waals surface area contributed by atoms with Crippen LogP contribution in [0.25, 0.3) is 0 Å². The highest BCUT2D eigenvalue weighted by Crippen LogP contribution is 2.26. The van der Waals surface area contributed by atoms with E-state index in [0.29, 0.717) is 6.54 Å². The zero-order valence-electron chi connectivity index (χ0n) is 11.7. The molecule has 0 bridgehead atoms. The van der Waals surface area contributed by atoms with Crippen LogP contribution in [-0.2, 0) is 0 Å². The van der Waals surface area contributed by atoms with Gasteiger partial charge in [-0.05, 0) is 33.1 Å². The van der Waals surface area contributed by atoms with Gasteiger partial charge in [0.15, 0.2) is 0 Å². The first-order chi connectivity index (χ1) is 6.85. The predicted molar refractivity (Wildman–Crippen MR) is 68.3 cm³/mol. The molecule has 0 heterocycles. The van der Waals surface area contributed by atoms with Gasteiger partial charge in [0, 0.05) is 17.6 Å². The SMILES string of the molecule is CC(C)(C)NC(=O)NCC(C)(N)C(C)(C)C. The van der Waals surface area contributed by atoms with Crippen molar-refractivity contribution in [3.63, 3.8) is 0 Å². The molecule has 4 nitrogen and oxygen atoms in total. The highest BCUT2D eigenvalue weighted by molar-refractivity contribution is 5.74. The second-order valence-electron chi connectivity index (χ2n) is 6.73. The van der Waals surface area contributed by atoms with E-state index >= 15 is 0 Å². The van der Waals surface area contributed by atoms with Crippen LogP contribution in [0.15, 0.2) is 0 Å². The van der Waals surface area contributed by atoms with Gasteiger partial charge in [0.05, 0.1) is 0 Å². The van der Waals surface area contributed by atoms with Crippen LogP contribution < -0.4 is 16.4 Å². The Morgan fingerprint density at radius 1 is 1.06 bits per heavy atom. The molecule has 0 aromatic rings. The highest BCUT2D eigenvalue weighted by Gasteiger charge is 2.33. The molecule has 0 radical (unpaired) electrons. The lowest BCUT2D eigenvalue weighted by molar-refractivity contribution is 0.193. The number of rotatable bonds is 2. The lowest BCUT2D eigenvalue weighted by Crippen LogP contribution is -2.58. The number of nitrogens with two attached hydrogens (primary N) is 1. The van der Waals surface area contributed by atoms with Crippen molar-refractivity contribution in [3.05, 3.63) is 0 Å². The van der Waals surface area contributed by atoms with Crippen LogP contribution in [0.1, 0.15) is 48.5 Å². The average molecular weight is 229 g/mol. The van der Waals surface area contributed by atoms with Crippen LogP contribution in [0.5, 0.6) is 0 Å². The van der Waals surface area contributed by atoms with Gasteiger partial charge < -0.3 is 16.4 Å². The Bertz CT molecular complexity index is 246. The Balaban J connectivity index is 4.22. The molecule has 0 saturated carbocycles. The first-order valence-electron chi connectivity index (χ1n) is 5.70. The van der Waals surface area contributed by atoms with E-state index in [1.165, 1.54) is 0 Å². The zero-order chi connectivity index (χ0) is 13.2. The maximum absolute atomic E-state index is 11.6. The largest absolute Gasteiger partial charge is 0.336 e. The van der Waals surface area contributed by atoms with Crippen molar-refractivity contribution >= 4 is 6.03 Å². The second kappa shape index (κ2) is 4.62. The Morgan fingerprint density at radius 3 is 1.81 bits per heavy atom. The maximum atomic E-state index is 11.6. The molecule has 0 aliphatic rings. The minimum atomic E-state index is -0.428. The van der Waals surface area contributed by atoms with Gasteiger partial charge >= 0.3 is 6.03 Å². The maximum Gasteiger partial charge on any atom is 0.315 e. The molecule has 1 unspecified atom stereocenters. The first-order valence-corrected chi connectivity index (χ1v) is 5.70. The smallest absolute Gasteiger partial charge is 0.315 e. The Morgan fingerprint density at radius 2 is 1.50 bits per heavy atom. The summed E-state index contributed by atoms with van der Waals surface area (Å²) in [5, 5.41) is 5.65. The number of nitrogens with one attached hydrogen (secondary N) is 2. The van der Waals surface area contributed by atoms with Crippen molar-refractivity contribution in [2.75, 3.05) is 6.54 Å². The van der Waals surface area contributed by atoms with Crippen molar-refractivity contribution in [1.29, 1.82) is 0 Å².